The Morgan fingerprint density at radius 2 is 2.29 bits per heavy atom. The van der Waals surface area contributed by atoms with Gasteiger partial charge in [-0.1, -0.05) is 24.6 Å². The topological polar surface area (TPSA) is 12.0 Å². The first-order valence-electron chi connectivity index (χ1n) is 5.98. The Bertz CT molecular complexity index is 365. The summed E-state index contributed by atoms with van der Waals surface area (Å²) in [5, 5.41) is 4.39. The van der Waals surface area contributed by atoms with Gasteiger partial charge in [-0.25, -0.2) is 0 Å². The smallest absolute Gasteiger partial charge is 0.0410 e. The lowest BCUT2D eigenvalue weighted by Crippen LogP contribution is -2.22. The van der Waals surface area contributed by atoms with Crippen molar-refractivity contribution in [2.45, 2.75) is 32.2 Å². The van der Waals surface area contributed by atoms with Crippen molar-refractivity contribution < 1.29 is 0 Å². The molecule has 1 rings (SSSR count). The Balaban J connectivity index is 2.85. The van der Waals surface area contributed by atoms with E-state index in [4.69, 9.17) is 11.6 Å². The molecule has 0 aliphatic carbocycles. The maximum absolute atomic E-state index is 6.08. The van der Waals surface area contributed by atoms with Crippen LogP contribution in [0.5, 0.6) is 0 Å². The van der Waals surface area contributed by atoms with Gasteiger partial charge in [0.25, 0.3) is 0 Å². The molecule has 1 aromatic carbocycles. The van der Waals surface area contributed by atoms with Crippen LogP contribution in [0.15, 0.2) is 30.9 Å². The highest BCUT2D eigenvalue weighted by molar-refractivity contribution is 14.1. The Morgan fingerprint density at radius 1 is 1.53 bits per heavy atom. The summed E-state index contributed by atoms with van der Waals surface area (Å²) < 4.78 is 1.27. The largest absolute Gasteiger partial charge is 0.310 e. The Morgan fingerprint density at radius 3 is 2.94 bits per heavy atom. The van der Waals surface area contributed by atoms with E-state index in [0.29, 0.717) is 6.04 Å². The second kappa shape index (κ2) is 8.11. The number of rotatable bonds is 7. The van der Waals surface area contributed by atoms with E-state index in [1.165, 1.54) is 9.13 Å². The SMILES string of the molecule is C=CCCC(NCCC)c1cc(Cl)ccc1I. The van der Waals surface area contributed by atoms with E-state index in [1.54, 1.807) is 0 Å². The van der Waals surface area contributed by atoms with Crippen molar-refractivity contribution >= 4 is 34.2 Å². The van der Waals surface area contributed by atoms with E-state index < -0.39 is 0 Å². The van der Waals surface area contributed by atoms with Crippen molar-refractivity contribution in [1.82, 2.24) is 5.32 Å². The van der Waals surface area contributed by atoms with E-state index in [2.05, 4.69) is 53.5 Å². The number of benzene rings is 1. The van der Waals surface area contributed by atoms with Crippen LogP contribution in [-0.2, 0) is 0 Å². The van der Waals surface area contributed by atoms with Crippen LogP contribution in [0.3, 0.4) is 0 Å². The van der Waals surface area contributed by atoms with Crippen LogP contribution in [0.2, 0.25) is 5.02 Å². The van der Waals surface area contributed by atoms with Crippen LogP contribution < -0.4 is 5.32 Å². The molecule has 0 aromatic heterocycles. The van der Waals surface area contributed by atoms with Gasteiger partial charge in [0.1, 0.15) is 0 Å². The molecule has 0 aliphatic rings. The second-order valence-corrected chi connectivity index (χ2v) is 5.64. The van der Waals surface area contributed by atoms with Gasteiger partial charge in [0.2, 0.25) is 0 Å². The van der Waals surface area contributed by atoms with Crippen LogP contribution in [-0.4, -0.2) is 6.54 Å². The van der Waals surface area contributed by atoms with E-state index in [1.807, 2.05) is 12.1 Å². The number of hydrogen-bond donors (Lipinski definition) is 1. The molecule has 0 bridgehead atoms. The lowest BCUT2D eigenvalue weighted by Gasteiger charge is -2.20. The lowest BCUT2D eigenvalue weighted by atomic mass is 10.0. The summed E-state index contributed by atoms with van der Waals surface area (Å²) in [6.45, 7) is 7.00. The summed E-state index contributed by atoms with van der Waals surface area (Å²) in [4.78, 5) is 0. The summed E-state index contributed by atoms with van der Waals surface area (Å²) >= 11 is 8.45. The molecule has 1 aromatic rings. The molecule has 1 N–H and O–H groups in total. The fourth-order valence-corrected chi connectivity index (χ4v) is 2.64. The van der Waals surface area contributed by atoms with E-state index in [-0.39, 0.29) is 0 Å². The highest BCUT2D eigenvalue weighted by Crippen LogP contribution is 2.27. The summed E-state index contributed by atoms with van der Waals surface area (Å²) in [5.74, 6) is 0. The molecule has 1 atom stereocenters. The summed E-state index contributed by atoms with van der Waals surface area (Å²) in [5.41, 5.74) is 1.30. The van der Waals surface area contributed by atoms with Crippen LogP contribution in [0, 0.1) is 3.57 Å². The number of halogens is 2. The average molecular weight is 364 g/mol. The minimum absolute atomic E-state index is 0.374. The molecule has 0 saturated heterocycles. The van der Waals surface area contributed by atoms with Crippen molar-refractivity contribution in [3.63, 3.8) is 0 Å². The highest BCUT2D eigenvalue weighted by Gasteiger charge is 2.13. The van der Waals surface area contributed by atoms with E-state index in [9.17, 15) is 0 Å². The highest BCUT2D eigenvalue weighted by atomic mass is 127. The minimum atomic E-state index is 0.374. The van der Waals surface area contributed by atoms with Crippen molar-refractivity contribution in [2.75, 3.05) is 6.54 Å². The minimum Gasteiger partial charge on any atom is -0.310 e. The predicted octanol–water partition coefficient (Wildman–Crippen LogP) is 4.95. The monoisotopic (exact) mass is 363 g/mol. The maximum atomic E-state index is 6.08. The third-order valence-electron chi connectivity index (χ3n) is 2.63. The lowest BCUT2D eigenvalue weighted by molar-refractivity contribution is 0.501. The molecular weight excluding hydrogens is 345 g/mol. The number of hydrogen-bond acceptors (Lipinski definition) is 1. The summed E-state index contributed by atoms with van der Waals surface area (Å²) in [6, 6.07) is 6.46. The Labute approximate surface area is 123 Å². The fourth-order valence-electron chi connectivity index (χ4n) is 1.75. The summed E-state index contributed by atoms with van der Waals surface area (Å²) in [6.07, 6.45) is 5.20. The Kier molecular flexibility index (Phi) is 7.16. The first-order chi connectivity index (χ1) is 8.19. The molecule has 1 unspecified atom stereocenters. The zero-order chi connectivity index (χ0) is 12.7. The van der Waals surface area contributed by atoms with Gasteiger partial charge < -0.3 is 5.32 Å². The first-order valence-corrected chi connectivity index (χ1v) is 7.44. The molecule has 0 radical (unpaired) electrons. The van der Waals surface area contributed by atoms with Gasteiger partial charge in [0.15, 0.2) is 0 Å². The van der Waals surface area contributed by atoms with E-state index in [0.717, 1.165) is 30.8 Å². The van der Waals surface area contributed by atoms with Crippen LogP contribution in [0.25, 0.3) is 0 Å². The average Bonchev–Trinajstić information content (AvgIpc) is 2.33. The van der Waals surface area contributed by atoms with Crippen LogP contribution in [0.4, 0.5) is 0 Å². The molecule has 0 spiro atoms. The molecular formula is C14H19ClIN. The molecule has 94 valence electrons. The molecule has 1 nitrogen and oxygen atoms in total. The number of nitrogens with one attached hydrogen (secondary N) is 1. The van der Waals surface area contributed by atoms with Gasteiger partial charge in [-0.3, -0.25) is 0 Å². The normalized spacial score (nSPS) is 12.4. The van der Waals surface area contributed by atoms with Crippen LogP contribution >= 0.6 is 34.2 Å². The Hall–Kier alpha value is -0.0600. The van der Waals surface area contributed by atoms with Gasteiger partial charge in [0, 0.05) is 14.6 Å². The first kappa shape index (κ1) is 15.0. The standard InChI is InChI=1S/C14H19ClIN/c1-3-5-6-14(17-9-4-2)12-10-11(15)7-8-13(12)16/h3,7-8,10,14,17H,1,4-6,9H2,2H3. The van der Waals surface area contributed by atoms with Gasteiger partial charge in [-0.05, 0) is 72.2 Å². The third kappa shape index (κ3) is 4.98. The van der Waals surface area contributed by atoms with Crippen molar-refractivity contribution in [3.8, 4) is 0 Å². The molecule has 0 fully saturated rings. The van der Waals surface area contributed by atoms with Gasteiger partial charge in [-0.15, -0.1) is 6.58 Å². The molecule has 0 heterocycles. The van der Waals surface area contributed by atoms with Crippen LogP contribution in [0.1, 0.15) is 37.8 Å². The van der Waals surface area contributed by atoms with Gasteiger partial charge >= 0.3 is 0 Å². The summed E-state index contributed by atoms with van der Waals surface area (Å²) in [7, 11) is 0. The molecule has 0 saturated carbocycles. The quantitative estimate of drug-likeness (QED) is 0.534. The third-order valence-corrected chi connectivity index (χ3v) is 3.85. The van der Waals surface area contributed by atoms with Gasteiger partial charge in [-0.2, -0.15) is 0 Å². The van der Waals surface area contributed by atoms with Crippen molar-refractivity contribution in [3.05, 3.63) is 45.0 Å². The molecule has 17 heavy (non-hydrogen) atoms. The molecule has 0 aliphatic heterocycles. The van der Waals surface area contributed by atoms with E-state index >= 15 is 0 Å². The number of allylic oxidation sites excluding steroid dienone is 1. The van der Waals surface area contributed by atoms with Crippen molar-refractivity contribution in [2.24, 2.45) is 0 Å². The zero-order valence-electron chi connectivity index (χ0n) is 10.2. The van der Waals surface area contributed by atoms with Gasteiger partial charge in [0.05, 0.1) is 0 Å². The fraction of sp³-hybridized carbons (Fsp3) is 0.429. The molecule has 0 amide bonds. The van der Waals surface area contributed by atoms with Crippen molar-refractivity contribution in [1.29, 1.82) is 0 Å². The maximum Gasteiger partial charge on any atom is 0.0410 e. The zero-order valence-corrected chi connectivity index (χ0v) is 13.1. The molecule has 3 heteroatoms. The second-order valence-electron chi connectivity index (χ2n) is 4.04. The predicted molar refractivity (Wildman–Crippen MR) is 84.6 cm³/mol.